The van der Waals surface area contributed by atoms with E-state index in [9.17, 15) is 9.59 Å². The van der Waals surface area contributed by atoms with Gasteiger partial charge in [-0.15, -0.1) is 0 Å². The molecule has 1 saturated heterocycles. The molecular formula is C15H26N2O2. The summed E-state index contributed by atoms with van der Waals surface area (Å²) in [5.41, 5.74) is 0. The summed E-state index contributed by atoms with van der Waals surface area (Å²) in [4.78, 5) is 26.2. The van der Waals surface area contributed by atoms with E-state index in [1.165, 1.54) is 12.8 Å². The summed E-state index contributed by atoms with van der Waals surface area (Å²) in [7, 11) is 0. The van der Waals surface area contributed by atoms with Crippen molar-refractivity contribution in [1.82, 2.24) is 10.2 Å². The molecule has 0 aromatic rings. The number of Topliss-reactive ketones (excluding diaryl/α,β-unsaturated/α-hetero) is 1. The molecule has 0 aromatic heterocycles. The SMILES string of the molecule is CCNC(=O)CN1CCCCC1C1CCCCC1=O. The average molecular weight is 266 g/mol. The maximum Gasteiger partial charge on any atom is 0.234 e. The van der Waals surface area contributed by atoms with E-state index in [2.05, 4.69) is 10.2 Å². The van der Waals surface area contributed by atoms with Gasteiger partial charge < -0.3 is 5.32 Å². The smallest absolute Gasteiger partial charge is 0.234 e. The van der Waals surface area contributed by atoms with Crippen LogP contribution in [0.15, 0.2) is 0 Å². The molecule has 1 aliphatic carbocycles. The standard InChI is InChI=1S/C15H26N2O2/c1-2-16-15(19)11-17-10-6-5-8-13(17)12-7-3-4-9-14(12)18/h12-13H,2-11H2,1H3,(H,16,19). The first-order valence-electron chi connectivity index (χ1n) is 7.76. The molecule has 1 N–H and O–H groups in total. The van der Waals surface area contributed by atoms with Crippen molar-refractivity contribution >= 4 is 11.7 Å². The average Bonchev–Trinajstić information content (AvgIpc) is 2.40. The number of piperidine rings is 1. The number of hydrogen-bond donors (Lipinski definition) is 1. The fourth-order valence-electron chi connectivity index (χ4n) is 3.52. The second kappa shape index (κ2) is 7.04. The zero-order valence-electron chi connectivity index (χ0n) is 12.0. The van der Waals surface area contributed by atoms with Crippen LogP contribution in [0.4, 0.5) is 0 Å². The predicted octanol–water partition coefficient (Wildman–Crippen LogP) is 1.74. The van der Waals surface area contributed by atoms with Crippen LogP contribution >= 0.6 is 0 Å². The van der Waals surface area contributed by atoms with Gasteiger partial charge in [0.1, 0.15) is 5.78 Å². The van der Waals surface area contributed by atoms with Gasteiger partial charge in [0.2, 0.25) is 5.91 Å². The largest absolute Gasteiger partial charge is 0.355 e. The minimum Gasteiger partial charge on any atom is -0.355 e. The number of nitrogens with one attached hydrogen (secondary N) is 1. The van der Waals surface area contributed by atoms with Crippen LogP contribution in [0.25, 0.3) is 0 Å². The second-order valence-corrected chi connectivity index (χ2v) is 5.81. The minimum atomic E-state index is 0.0951. The van der Waals surface area contributed by atoms with E-state index in [0.29, 0.717) is 24.9 Å². The summed E-state index contributed by atoms with van der Waals surface area (Å²) < 4.78 is 0. The fourth-order valence-corrected chi connectivity index (χ4v) is 3.52. The molecular weight excluding hydrogens is 240 g/mol. The third kappa shape index (κ3) is 3.78. The van der Waals surface area contributed by atoms with Gasteiger partial charge in [-0.2, -0.15) is 0 Å². The highest BCUT2D eigenvalue weighted by Crippen LogP contribution is 2.31. The Morgan fingerprint density at radius 3 is 2.79 bits per heavy atom. The highest BCUT2D eigenvalue weighted by atomic mass is 16.2. The van der Waals surface area contributed by atoms with Crippen molar-refractivity contribution in [2.24, 2.45) is 5.92 Å². The van der Waals surface area contributed by atoms with Crippen molar-refractivity contribution in [3.8, 4) is 0 Å². The Morgan fingerprint density at radius 1 is 1.26 bits per heavy atom. The summed E-state index contributed by atoms with van der Waals surface area (Å²) in [6, 6.07) is 0.309. The van der Waals surface area contributed by atoms with E-state index in [0.717, 1.165) is 38.6 Å². The molecule has 19 heavy (non-hydrogen) atoms. The Labute approximate surface area is 115 Å². The summed E-state index contributed by atoms with van der Waals surface area (Å²) in [5, 5.41) is 2.86. The van der Waals surface area contributed by atoms with Crippen LogP contribution in [0.5, 0.6) is 0 Å². The van der Waals surface area contributed by atoms with E-state index in [1.807, 2.05) is 6.92 Å². The molecule has 4 nitrogen and oxygen atoms in total. The van der Waals surface area contributed by atoms with Gasteiger partial charge in [-0.05, 0) is 39.2 Å². The molecule has 1 amide bonds. The van der Waals surface area contributed by atoms with Gasteiger partial charge in [0.05, 0.1) is 6.54 Å². The molecule has 2 fully saturated rings. The molecule has 0 aromatic carbocycles. The van der Waals surface area contributed by atoms with Crippen molar-refractivity contribution in [3.05, 3.63) is 0 Å². The number of likely N-dealkylation sites (tertiary alicyclic amines) is 1. The van der Waals surface area contributed by atoms with E-state index in [1.54, 1.807) is 0 Å². The third-order valence-electron chi connectivity index (χ3n) is 4.45. The van der Waals surface area contributed by atoms with E-state index in [4.69, 9.17) is 0 Å². The van der Waals surface area contributed by atoms with Gasteiger partial charge in [-0.3, -0.25) is 14.5 Å². The first kappa shape index (κ1) is 14.5. The summed E-state index contributed by atoms with van der Waals surface area (Å²) >= 11 is 0. The van der Waals surface area contributed by atoms with Gasteiger partial charge in [-0.25, -0.2) is 0 Å². The minimum absolute atomic E-state index is 0.0951. The van der Waals surface area contributed by atoms with Gasteiger partial charge in [-0.1, -0.05) is 12.8 Å². The maximum atomic E-state index is 12.1. The summed E-state index contributed by atoms with van der Waals surface area (Å²) in [6.07, 6.45) is 7.42. The quantitative estimate of drug-likeness (QED) is 0.843. The summed E-state index contributed by atoms with van der Waals surface area (Å²) in [6.45, 7) is 4.05. The van der Waals surface area contributed by atoms with Crippen molar-refractivity contribution in [2.75, 3.05) is 19.6 Å². The number of carbonyl (C=O) groups excluding carboxylic acids is 2. The number of hydrogen-bond acceptors (Lipinski definition) is 3. The van der Waals surface area contributed by atoms with Crippen LogP contribution in [-0.4, -0.2) is 42.3 Å². The fraction of sp³-hybridized carbons (Fsp3) is 0.867. The molecule has 1 aliphatic heterocycles. The lowest BCUT2D eigenvalue weighted by atomic mass is 9.79. The Bertz CT molecular complexity index is 330. The highest BCUT2D eigenvalue weighted by Gasteiger charge is 2.35. The lowest BCUT2D eigenvalue weighted by Gasteiger charge is -2.40. The van der Waals surface area contributed by atoms with Gasteiger partial charge >= 0.3 is 0 Å². The van der Waals surface area contributed by atoms with Gasteiger partial charge in [0.15, 0.2) is 0 Å². The van der Waals surface area contributed by atoms with E-state index < -0.39 is 0 Å². The number of carbonyl (C=O) groups is 2. The molecule has 108 valence electrons. The number of amides is 1. The summed E-state index contributed by atoms with van der Waals surface area (Å²) in [5.74, 6) is 0.709. The predicted molar refractivity (Wildman–Crippen MR) is 74.9 cm³/mol. The molecule has 0 bridgehead atoms. The van der Waals surface area contributed by atoms with Crippen LogP contribution < -0.4 is 5.32 Å². The molecule has 2 rings (SSSR count). The van der Waals surface area contributed by atoms with Crippen LogP contribution in [0.1, 0.15) is 51.9 Å². The molecule has 1 heterocycles. The van der Waals surface area contributed by atoms with E-state index in [-0.39, 0.29) is 11.8 Å². The van der Waals surface area contributed by atoms with E-state index >= 15 is 0 Å². The van der Waals surface area contributed by atoms with Crippen LogP contribution in [-0.2, 0) is 9.59 Å². The molecule has 2 aliphatic rings. The Hall–Kier alpha value is -0.900. The van der Waals surface area contributed by atoms with Crippen molar-refractivity contribution < 1.29 is 9.59 Å². The lowest BCUT2D eigenvalue weighted by molar-refractivity contribution is -0.130. The Kier molecular flexibility index (Phi) is 5.37. The number of likely N-dealkylation sites (N-methyl/N-ethyl adjacent to an activating group) is 1. The Morgan fingerprint density at radius 2 is 2.05 bits per heavy atom. The maximum absolute atomic E-state index is 12.1. The van der Waals surface area contributed by atoms with Crippen LogP contribution in [0, 0.1) is 5.92 Å². The monoisotopic (exact) mass is 266 g/mol. The molecule has 0 spiro atoms. The molecule has 4 heteroatoms. The van der Waals surface area contributed by atoms with Crippen LogP contribution in [0.2, 0.25) is 0 Å². The molecule has 1 saturated carbocycles. The first-order valence-corrected chi connectivity index (χ1v) is 7.76. The number of ketones is 1. The number of rotatable bonds is 4. The zero-order chi connectivity index (χ0) is 13.7. The lowest BCUT2D eigenvalue weighted by Crippen LogP contribution is -2.50. The van der Waals surface area contributed by atoms with Gasteiger partial charge in [0.25, 0.3) is 0 Å². The zero-order valence-corrected chi connectivity index (χ0v) is 12.0. The molecule has 0 radical (unpaired) electrons. The normalized spacial score (nSPS) is 29.2. The Balaban J connectivity index is 1.98. The first-order chi connectivity index (χ1) is 9.22. The van der Waals surface area contributed by atoms with Crippen LogP contribution in [0.3, 0.4) is 0 Å². The second-order valence-electron chi connectivity index (χ2n) is 5.81. The molecule has 2 unspecified atom stereocenters. The van der Waals surface area contributed by atoms with Crippen molar-refractivity contribution in [1.29, 1.82) is 0 Å². The van der Waals surface area contributed by atoms with Crippen molar-refractivity contribution in [2.45, 2.75) is 57.9 Å². The molecule has 2 atom stereocenters. The topological polar surface area (TPSA) is 49.4 Å². The van der Waals surface area contributed by atoms with Gasteiger partial charge in [0, 0.05) is 24.9 Å². The third-order valence-corrected chi connectivity index (χ3v) is 4.45. The van der Waals surface area contributed by atoms with Crippen molar-refractivity contribution in [3.63, 3.8) is 0 Å². The number of nitrogens with zero attached hydrogens (tertiary/aromatic N) is 1. The highest BCUT2D eigenvalue weighted by molar-refractivity contribution is 5.82.